The summed E-state index contributed by atoms with van der Waals surface area (Å²) >= 11 is 0. The third kappa shape index (κ3) is 4.20. The summed E-state index contributed by atoms with van der Waals surface area (Å²) in [7, 11) is 4.50. The third-order valence-electron chi connectivity index (χ3n) is 4.73. The molecular weight excluding hydrogens is 384 g/mol. The Bertz CT molecular complexity index is 1160. The fraction of sp³-hybridized carbons (Fsp3) is 0.261. The Morgan fingerprint density at radius 1 is 1.10 bits per heavy atom. The van der Waals surface area contributed by atoms with E-state index in [2.05, 4.69) is 4.98 Å². The lowest BCUT2D eigenvalue weighted by atomic mass is 10.1. The van der Waals surface area contributed by atoms with Gasteiger partial charge in [0, 0.05) is 17.3 Å². The van der Waals surface area contributed by atoms with Crippen molar-refractivity contribution in [2.24, 2.45) is 0 Å². The lowest BCUT2D eigenvalue weighted by Gasteiger charge is -2.10. The Balaban J connectivity index is 2.14. The molecular formula is C23H24N2O5. The van der Waals surface area contributed by atoms with Crippen LogP contribution >= 0.6 is 0 Å². The molecule has 0 saturated carbocycles. The van der Waals surface area contributed by atoms with Gasteiger partial charge in [0.15, 0.2) is 0 Å². The molecule has 7 heteroatoms. The van der Waals surface area contributed by atoms with Gasteiger partial charge in [-0.15, -0.1) is 0 Å². The number of ether oxygens (including phenoxy) is 3. The highest BCUT2D eigenvalue weighted by Gasteiger charge is 2.13. The largest absolute Gasteiger partial charge is 0.497 e. The van der Waals surface area contributed by atoms with E-state index < -0.39 is 5.97 Å². The monoisotopic (exact) mass is 408 g/mol. The first-order chi connectivity index (χ1) is 14.5. The van der Waals surface area contributed by atoms with E-state index in [1.54, 1.807) is 32.4 Å². The lowest BCUT2D eigenvalue weighted by molar-refractivity contribution is 0.0600. The highest BCUT2D eigenvalue weighted by atomic mass is 16.5. The van der Waals surface area contributed by atoms with Crippen LogP contribution in [0.1, 0.15) is 40.5 Å². The average molecular weight is 408 g/mol. The van der Waals surface area contributed by atoms with E-state index in [0.29, 0.717) is 40.4 Å². The van der Waals surface area contributed by atoms with Crippen molar-refractivity contribution in [1.29, 1.82) is 0 Å². The molecule has 2 heterocycles. The molecule has 0 spiro atoms. The summed E-state index contributed by atoms with van der Waals surface area (Å²) < 4.78 is 16.8. The molecule has 2 aromatic heterocycles. The smallest absolute Gasteiger partial charge is 0.339 e. The molecule has 0 N–H and O–H groups in total. The molecule has 0 fully saturated rings. The van der Waals surface area contributed by atoms with Crippen LogP contribution in [0.3, 0.4) is 0 Å². The maximum atomic E-state index is 13.1. The molecule has 0 aliphatic carbocycles. The maximum absolute atomic E-state index is 13.1. The average Bonchev–Trinajstić information content (AvgIpc) is 2.78. The molecule has 3 aromatic rings. The maximum Gasteiger partial charge on any atom is 0.339 e. The van der Waals surface area contributed by atoms with Gasteiger partial charge in [0.25, 0.3) is 5.56 Å². The molecule has 0 aliphatic rings. The van der Waals surface area contributed by atoms with Crippen LogP contribution in [0.2, 0.25) is 0 Å². The molecule has 0 saturated heterocycles. The van der Waals surface area contributed by atoms with Gasteiger partial charge in [0.2, 0.25) is 0 Å². The summed E-state index contributed by atoms with van der Waals surface area (Å²) in [5.74, 6) is 0.880. The number of hydrogen-bond donors (Lipinski definition) is 0. The van der Waals surface area contributed by atoms with Crippen LogP contribution in [0.4, 0.5) is 0 Å². The first-order valence-corrected chi connectivity index (χ1v) is 9.56. The molecule has 0 amide bonds. The number of nitrogens with zero attached hydrogens (tertiary/aromatic N) is 2. The van der Waals surface area contributed by atoms with Crippen LogP contribution in [0.5, 0.6) is 11.5 Å². The number of hydrogen-bond acceptors (Lipinski definition) is 6. The highest BCUT2D eigenvalue weighted by Crippen LogP contribution is 2.26. The summed E-state index contributed by atoms with van der Waals surface area (Å²) in [6, 6.07) is 8.71. The van der Waals surface area contributed by atoms with E-state index in [4.69, 9.17) is 14.2 Å². The van der Waals surface area contributed by atoms with Gasteiger partial charge in [-0.05, 0) is 48.9 Å². The van der Waals surface area contributed by atoms with E-state index in [9.17, 15) is 9.59 Å². The van der Waals surface area contributed by atoms with Crippen LogP contribution in [0.15, 0.2) is 41.3 Å². The molecule has 3 rings (SSSR count). The molecule has 156 valence electrons. The first-order valence-electron chi connectivity index (χ1n) is 9.56. The van der Waals surface area contributed by atoms with Crippen LogP contribution in [-0.2, 0) is 11.2 Å². The van der Waals surface area contributed by atoms with Crippen LogP contribution < -0.4 is 15.0 Å². The van der Waals surface area contributed by atoms with Gasteiger partial charge >= 0.3 is 5.97 Å². The number of methoxy groups -OCH3 is 3. The minimum Gasteiger partial charge on any atom is -0.497 e. The van der Waals surface area contributed by atoms with Gasteiger partial charge in [0.1, 0.15) is 17.1 Å². The van der Waals surface area contributed by atoms with E-state index in [1.807, 2.05) is 31.2 Å². The number of esters is 1. The minimum absolute atomic E-state index is 0.204. The summed E-state index contributed by atoms with van der Waals surface area (Å²) in [4.78, 5) is 29.6. The second-order valence-corrected chi connectivity index (χ2v) is 6.61. The zero-order valence-corrected chi connectivity index (χ0v) is 17.5. The van der Waals surface area contributed by atoms with Crippen molar-refractivity contribution in [1.82, 2.24) is 9.38 Å². The summed E-state index contributed by atoms with van der Waals surface area (Å²) in [6.07, 6.45) is 6.46. The number of rotatable bonds is 7. The molecule has 0 unspecified atom stereocenters. The van der Waals surface area contributed by atoms with Crippen LogP contribution in [0.25, 0.3) is 17.8 Å². The topological polar surface area (TPSA) is 79.1 Å². The molecule has 30 heavy (non-hydrogen) atoms. The Morgan fingerprint density at radius 3 is 2.57 bits per heavy atom. The van der Waals surface area contributed by atoms with Crippen LogP contribution in [-0.4, -0.2) is 36.7 Å². The van der Waals surface area contributed by atoms with Crippen molar-refractivity contribution < 1.29 is 19.0 Å². The SMILES string of the molecule is CCCc1c(/C=C/c2cc(OC)ccc2OC)nc2ccc(C(=O)OC)cn2c1=O. The quantitative estimate of drug-likeness (QED) is 0.556. The number of fused-ring (bicyclic) bond motifs is 1. The Morgan fingerprint density at radius 2 is 1.90 bits per heavy atom. The molecule has 7 nitrogen and oxygen atoms in total. The van der Waals surface area contributed by atoms with Crippen molar-refractivity contribution in [2.75, 3.05) is 21.3 Å². The third-order valence-corrected chi connectivity index (χ3v) is 4.73. The van der Waals surface area contributed by atoms with E-state index in [0.717, 1.165) is 12.0 Å². The Kier molecular flexibility index (Phi) is 6.51. The fourth-order valence-electron chi connectivity index (χ4n) is 3.19. The lowest BCUT2D eigenvalue weighted by Crippen LogP contribution is -2.22. The summed E-state index contributed by atoms with van der Waals surface area (Å²) in [5.41, 5.74) is 2.50. The predicted molar refractivity (Wildman–Crippen MR) is 115 cm³/mol. The van der Waals surface area contributed by atoms with Gasteiger partial charge in [-0.25, -0.2) is 9.78 Å². The summed E-state index contributed by atoms with van der Waals surface area (Å²) in [6.45, 7) is 2.00. The van der Waals surface area contributed by atoms with Crippen molar-refractivity contribution in [2.45, 2.75) is 19.8 Å². The standard InChI is InChI=1S/C23H24N2O5/c1-5-6-18-19(10-7-15-13-17(28-2)9-11-20(15)29-3)24-21-12-8-16(23(27)30-4)14-25(21)22(18)26/h7-14H,5-6H2,1-4H3/b10-7+. The van der Waals surface area contributed by atoms with E-state index in [1.165, 1.54) is 17.7 Å². The van der Waals surface area contributed by atoms with Gasteiger partial charge < -0.3 is 14.2 Å². The first kappa shape index (κ1) is 21.1. The van der Waals surface area contributed by atoms with Gasteiger partial charge in [-0.2, -0.15) is 0 Å². The number of pyridine rings is 1. The second kappa shape index (κ2) is 9.26. The zero-order valence-electron chi connectivity index (χ0n) is 17.5. The van der Waals surface area contributed by atoms with Gasteiger partial charge in [-0.1, -0.05) is 13.3 Å². The Hall–Kier alpha value is -3.61. The molecule has 0 aliphatic heterocycles. The van der Waals surface area contributed by atoms with Crippen molar-refractivity contribution in [3.63, 3.8) is 0 Å². The predicted octanol–water partition coefficient (Wildman–Crippen LogP) is 3.62. The zero-order chi connectivity index (χ0) is 21.7. The summed E-state index contributed by atoms with van der Waals surface area (Å²) in [5, 5.41) is 0. The molecule has 0 atom stereocenters. The van der Waals surface area contributed by atoms with Crippen LogP contribution in [0, 0.1) is 0 Å². The number of benzene rings is 1. The normalized spacial score (nSPS) is 11.1. The second-order valence-electron chi connectivity index (χ2n) is 6.61. The van der Waals surface area contributed by atoms with Gasteiger partial charge in [0.05, 0.1) is 32.6 Å². The Labute approximate surface area is 174 Å². The van der Waals surface area contributed by atoms with Gasteiger partial charge in [-0.3, -0.25) is 9.20 Å². The molecule has 0 radical (unpaired) electrons. The number of aromatic nitrogens is 2. The highest BCUT2D eigenvalue weighted by molar-refractivity contribution is 5.89. The molecule has 0 bridgehead atoms. The van der Waals surface area contributed by atoms with E-state index in [-0.39, 0.29) is 5.56 Å². The van der Waals surface area contributed by atoms with Crippen molar-refractivity contribution in [3.8, 4) is 11.5 Å². The van der Waals surface area contributed by atoms with Crippen molar-refractivity contribution in [3.05, 3.63) is 69.3 Å². The minimum atomic E-state index is -0.505. The van der Waals surface area contributed by atoms with Crippen molar-refractivity contribution >= 4 is 23.8 Å². The van der Waals surface area contributed by atoms with E-state index >= 15 is 0 Å². The number of carbonyl (C=O) groups is 1. The molecule has 1 aromatic carbocycles. The fourth-order valence-corrected chi connectivity index (χ4v) is 3.19. The number of carbonyl (C=O) groups excluding carboxylic acids is 1.